The Morgan fingerprint density at radius 3 is 2.50 bits per heavy atom. The highest BCUT2D eigenvalue weighted by Crippen LogP contribution is 1.94. The van der Waals surface area contributed by atoms with E-state index in [1.165, 1.54) is 18.7 Å². The lowest BCUT2D eigenvalue weighted by Crippen LogP contribution is -1.94. The van der Waals surface area contributed by atoms with Crippen molar-refractivity contribution in [3.05, 3.63) is 29.2 Å². The van der Waals surface area contributed by atoms with Crippen molar-refractivity contribution in [2.45, 2.75) is 0 Å². The van der Waals surface area contributed by atoms with E-state index >= 15 is 0 Å². The summed E-state index contributed by atoms with van der Waals surface area (Å²) in [6.45, 7) is 0. The van der Waals surface area contributed by atoms with Gasteiger partial charge in [0.1, 0.15) is 6.33 Å². The van der Waals surface area contributed by atoms with Crippen molar-refractivity contribution in [2.24, 2.45) is 5.18 Å². The molecule has 0 aliphatic carbocycles. The predicted octanol–water partition coefficient (Wildman–Crippen LogP) is 0.383. The van der Waals surface area contributed by atoms with Crippen molar-refractivity contribution in [3.8, 4) is 0 Å². The monoisotopic (exact) mass is 137 g/mol. The first-order valence-electron chi connectivity index (χ1n) is 2.47. The van der Waals surface area contributed by atoms with Crippen LogP contribution in [-0.2, 0) is 0 Å². The second-order valence-corrected chi connectivity index (χ2v) is 1.52. The Morgan fingerprint density at radius 2 is 2.00 bits per heavy atom. The molecule has 5 nitrogen and oxygen atoms in total. The molecule has 0 radical (unpaired) electrons. The third-order valence-corrected chi connectivity index (χ3v) is 0.890. The van der Waals surface area contributed by atoms with Crippen molar-refractivity contribution in [1.82, 2.24) is 9.97 Å². The highest BCUT2D eigenvalue weighted by molar-refractivity contribution is 5.94. The quantitative estimate of drug-likeness (QED) is 0.524. The van der Waals surface area contributed by atoms with Gasteiger partial charge in [-0.2, -0.15) is 0 Å². The zero-order chi connectivity index (χ0) is 7.40. The van der Waals surface area contributed by atoms with Crippen LogP contribution in [0.4, 0.5) is 0 Å². The lowest BCUT2D eigenvalue weighted by molar-refractivity contribution is 0.1000. The zero-order valence-corrected chi connectivity index (χ0v) is 4.89. The van der Waals surface area contributed by atoms with Gasteiger partial charge in [-0.05, 0) is 0 Å². The number of hydrogen-bond donors (Lipinski definition) is 0. The predicted molar refractivity (Wildman–Crippen MR) is 32.2 cm³/mol. The minimum Gasteiger partial charge on any atom is -0.263 e. The number of nitroso groups, excluding NO2 is 1. The molecule has 0 fully saturated rings. The molecule has 10 heavy (non-hydrogen) atoms. The number of aromatic nitrogens is 2. The van der Waals surface area contributed by atoms with E-state index in [0.717, 1.165) is 0 Å². The Bertz CT molecular complexity index is 246. The summed E-state index contributed by atoms with van der Waals surface area (Å²) in [4.78, 5) is 27.2. The van der Waals surface area contributed by atoms with Gasteiger partial charge in [-0.15, -0.1) is 4.91 Å². The van der Waals surface area contributed by atoms with Crippen LogP contribution >= 0.6 is 0 Å². The largest absolute Gasteiger partial charge is 0.319 e. The molecule has 0 unspecified atom stereocenters. The molecule has 1 aromatic heterocycles. The fraction of sp³-hybridized carbons (Fsp3) is 0. The normalized spacial score (nSPS) is 8.80. The molecule has 1 amide bonds. The van der Waals surface area contributed by atoms with Gasteiger partial charge in [-0.3, -0.25) is 4.79 Å². The van der Waals surface area contributed by atoms with E-state index in [0.29, 0.717) is 0 Å². The molecule has 0 aliphatic heterocycles. The third-order valence-electron chi connectivity index (χ3n) is 0.890. The molecule has 0 saturated heterocycles. The Kier molecular flexibility index (Phi) is 1.79. The van der Waals surface area contributed by atoms with Crippen molar-refractivity contribution < 1.29 is 4.79 Å². The van der Waals surface area contributed by atoms with Gasteiger partial charge >= 0.3 is 5.91 Å². The molecular formula is C5H3N3O2. The lowest BCUT2D eigenvalue weighted by atomic mass is 10.3. The average molecular weight is 137 g/mol. The number of carbonyl (C=O) groups excluding carboxylic acids is 1. The zero-order valence-electron chi connectivity index (χ0n) is 4.89. The van der Waals surface area contributed by atoms with Gasteiger partial charge in [0.05, 0.1) is 5.56 Å². The van der Waals surface area contributed by atoms with Gasteiger partial charge in [0, 0.05) is 17.6 Å². The molecule has 0 saturated carbocycles. The smallest absolute Gasteiger partial charge is 0.263 e. The van der Waals surface area contributed by atoms with Crippen LogP contribution in [0.1, 0.15) is 10.4 Å². The summed E-state index contributed by atoms with van der Waals surface area (Å²) in [6.07, 6.45) is 3.73. The lowest BCUT2D eigenvalue weighted by Gasteiger charge is -1.85. The van der Waals surface area contributed by atoms with E-state index in [1.807, 2.05) is 0 Å². The Labute approximate surface area is 56.1 Å². The average Bonchev–Trinajstić information content (AvgIpc) is 2.05. The molecule has 50 valence electrons. The molecule has 0 aromatic carbocycles. The Balaban J connectivity index is 2.95. The van der Waals surface area contributed by atoms with Crippen LogP contribution < -0.4 is 0 Å². The van der Waals surface area contributed by atoms with Gasteiger partial charge in [-0.1, -0.05) is 0 Å². The molecule has 0 aliphatic rings. The van der Waals surface area contributed by atoms with Crippen LogP contribution in [0.2, 0.25) is 0 Å². The Hall–Kier alpha value is -1.65. The molecule has 0 spiro atoms. The van der Waals surface area contributed by atoms with Crippen molar-refractivity contribution in [2.75, 3.05) is 0 Å². The van der Waals surface area contributed by atoms with Gasteiger partial charge in [-0.25, -0.2) is 9.97 Å². The molecular weight excluding hydrogens is 134 g/mol. The molecule has 1 aromatic rings. The van der Waals surface area contributed by atoms with Crippen LogP contribution in [0.3, 0.4) is 0 Å². The summed E-state index contributed by atoms with van der Waals surface area (Å²) >= 11 is 0. The third kappa shape index (κ3) is 1.19. The maximum Gasteiger partial charge on any atom is 0.319 e. The van der Waals surface area contributed by atoms with Crippen LogP contribution in [-0.4, -0.2) is 15.9 Å². The van der Waals surface area contributed by atoms with Crippen LogP contribution in [0, 0.1) is 4.91 Å². The van der Waals surface area contributed by atoms with E-state index in [9.17, 15) is 9.70 Å². The van der Waals surface area contributed by atoms with Crippen molar-refractivity contribution >= 4 is 5.91 Å². The number of carbonyl (C=O) groups is 1. The summed E-state index contributed by atoms with van der Waals surface area (Å²) in [5, 5.41) is 2.19. The molecule has 0 N–H and O–H groups in total. The first-order chi connectivity index (χ1) is 4.84. The van der Waals surface area contributed by atoms with E-state index in [4.69, 9.17) is 0 Å². The second-order valence-electron chi connectivity index (χ2n) is 1.52. The minimum absolute atomic E-state index is 0.109. The van der Waals surface area contributed by atoms with Crippen LogP contribution in [0.5, 0.6) is 0 Å². The van der Waals surface area contributed by atoms with E-state index < -0.39 is 5.91 Å². The van der Waals surface area contributed by atoms with Gasteiger partial charge in [0.15, 0.2) is 0 Å². The van der Waals surface area contributed by atoms with Gasteiger partial charge in [0.25, 0.3) is 0 Å². The summed E-state index contributed by atoms with van der Waals surface area (Å²) < 4.78 is 0. The highest BCUT2D eigenvalue weighted by atomic mass is 16.3. The minimum atomic E-state index is -0.847. The van der Waals surface area contributed by atoms with E-state index in [2.05, 4.69) is 15.1 Å². The fourth-order valence-electron chi connectivity index (χ4n) is 0.462. The number of amides is 1. The number of nitrogens with zero attached hydrogens (tertiary/aromatic N) is 3. The van der Waals surface area contributed by atoms with Crippen molar-refractivity contribution in [1.29, 1.82) is 0 Å². The molecule has 1 heterocycles. The van der Waals surface area contributed by atoms with E-state index in [-0.39, 0.29) is 5.56 Å². The summed E-state index contributed by atoms with van der Waals surface area (Å²) in [6, 6.07) is 0. The fourth-order valence-corrected chi connectivity index (χ4v) is 0.462. The first kappa shape index (κ1) is 6.47. The maximum absolute atomic E-state index is 10.5. The Morgan fingerprint density at radius 1 is 1.40 bits per heavy atom. The maximum atomic E-state index is 10.5. The molecule has 0 bridgehead atoms. The standard InChI is InChI=1S/C5H3N3O2/c9-5(8-10)4-1-6-3-7-2-4/h1-3H. The number of hydrogen-bond acceptors (Lipinski definition) is 4. The molecule has 5 heteroatoms. The summed E-state index contributed by atoms with van der Waals surface area (Å²) in [7, 11) is 0. The first-order valence-corrected chi connectivity index (χ1v) is 2.47. The highest BCUT2D eigenvalue weighted by Gasteiger charge is 2.03. The van der Waals surface area contributed by atoms with Gasteiger partial charge < -0.3 is 0 Å². The molecule has 1 rings (SSSR count). The SMILES string of the molecule is O=NC(=O)c1cncnc1. The summed E-state index contributed by atoms with van der Waals surface area (Å²) in [5.41, 5.74) is 0.109. The summed E-state index contributed by atoms with van der Waals surface area (Å²) in [5.74, 6) is -0.847. The topological polar surface area (TPSA) is 72.3 Å². The van der Waals surface area contributed by atoms with Gasteiger partial charge in [0.2, 0.25) is 0 Å². The van der Waals surface area contributed by atoms with Crippen LogP contribution in [0.15, 0.2) is 23.9 Å². The molecule has 0 atom stereocenters. The second kappa shape index (κ2) is 2.77. The van der Waals surface area contributed by atoms with Crippen LogP contribution in [0.25, 0.3) is 0 Å². The van der Waals surface area contributed by atoms with E-state index in [1.54, 1.807) is 0 Å². The van der Waals surface area contributed by atoms with Crippen molar-refractivity contribution in [3.63, 3.8) is 0 Å². The number of rotatable bonds is 1.